The Balaban J connectivity index is 1.31. The Hall–Kier alpha value is -0.280. The summed E-state index contributed by atoms with van der Waals surface area (Å²) < 4.78 is 20.4. The van der Waals surface area contributed by atoms with Crippen LogP contribution < -0.4 is 22.5 Å². The SMILES string of the molecule is CCCCCCCCCCCCCCNCCC[C@@H](C)[C@H]1CC[C@H]2C3C(OCCCN)CC4C[C@H](OCCCN)CC[C@]4(C)[C@H]3C[C@H](OCCCN)[C@]12C. The number of fused-ring (bicyclic) bond motifs is 5. The van der Waals surface area contributed by atoms with Gasteiger partial charge >= 0.3 is 0 Å². The van der Waals surface area contributed by atoms with E-state index in [9.17, 15) is 0 Å². The summed E-state index contributed by atoms with van der Waals surface area (Å²) >= 11 is 0. The van der Waals surface area contributed by atoms with Crippen molar-refractivity contribution in [3.8, 4) is 0 Å². The highest BCUT2D eigenvalue weighted by molar-refractivity contribution is 5.15. The third-order valence-electron chi connectivity index (χ3n) is 15.7. The van der Waals surface area contributed by atoms with Gasteiger partial charge < -0.3 is 36.7 Å². The Morgan fingerprint density at radius 1 is 0.630 bits per heavy atom. The molecule has 4 rings (SSSR count). The van der Waals surface area contributed by atoms with Gasteiger partial charge in [0.05, 0.1) is 18.3 Å². The summed E-state index contributed by atoms with van der Waals surface area (Å²) in [4.78, 5) is 0. The van der Waals surface area contributed by atoms with E-state index in [1.165, 1.54) is 135 Å². The molecule has 0 spiro atoms. The van der Waals surface area contributed by atoms with Crippen molar-refractivity contribution in [1.82, 2.24) is 5.32 Å². The third kappa shape index (κ3) is 12.9. The molecule has 7 heteroatoms. The standard InChI is InChI=1S/C47H92N4O3/c1-5-6-7-8-9-10-11-12-13-14-15-16-29-51-30-17-21-37(2)40-22-23-41-45-42(36-44(47(40,41)4)54-33-20-28-50)46(3)25-24-39(52-31-18-26-48)34-38(46)35-43(45)53-32-19-27-49/h37-45,51H,5-36,48-50H2,1-4H3/t37-,38?,39-,40-,41+,42+,43?,44+,45?,46+,47-/m1/s1. The first-order chi connectivity index (χ1) is 26.3. The lowest BCUT2D eigenvalue weighted by atomic mass is 9.43. The van der Waals surface area contributed by atoms with Crippen molar-refractivity contribution in [1.29, 1.82) is 0 Å². The number of unbranched alkanes of at least 4 members (excludes halogenated alkanes) is 11. The van der Waals surface area contributed by atoms with Crippen molar-refractivity contribution in [3.63, 3.8) is 0 Å². The van der Waals surface area contributed by atoms with Crippen LogP contribution in [0, 0.1) is 46.3 Å². The molecule has 7 nitrogen and oxygen atoms in total. The highest BCUT2D eigenvalue weighted by atomic mass is 16.5. The lowest BCUT2D eigenvalue weighted by molar-refractivity contribution is -0.227. The number of rotatable bonds is 30. The number of nitrogens with one attached hydrogen (secondary N) is 1. The van der Waals surface area contributed by atoms with E-state index in [1.54, 1.807) is 0 Å². The molecular formula is C47H92N4O3. The monoisotopic (exact) mass is 761 g/mol. The van der Waals surface area contributed by atoms with Crippen molar-refractivity contribution < 1.29 is 14.2 Å². The minimum atomic E-state index is 0.179. The van der Waals surface area contributed by atoms with E-state index in [0.29, 0.717) is 78.9 Å². The lowest BCUT2D eigenvalue weighted by Crippen LogP contribution is -2.63. The summed E-state index contributed by atoms with van der Waals surface area (Å²) in [7, 11) is 0. The van der Waals surface area contributed by atoms with Gasteiger partial charge in [-0.25, -0.2) is 0 Å². The minimum absolute atomic E-state index is 0.179. The predicted molar refractivity (Wildman–Crippen MR) is 229 cm³/mol. The van der Waals surface area contributed by atoms with Gasteiger partial charge in [-0.15, -0.1) is 0 Å². The van der Waals surface area contributed by atoms with Gasteiger partial charge in [0.15, 0.2) is 0 Å². The summed E-state index contributed by atoms with van der Waals surface area (Å²) in [5, 5.41) is 3.81. The largest absolute Gasteiger partial charge is 0.378 e. The first-order valence-corrected chi connectivity index (χ1v) is 24.0. The van der Waals surface area contributed by atoms with Crippen LogP contribution in [-0.2, 0) is 14.2 Å². The maximum Gasteiger partial charge on any atom is 0.0637 e. The average molecular weight is 761 g/mol. The van der Waals surface area contributed by atoms with Crippen molar-refractivity contribution >= 4 is 0 Å². The van der Waals surface area contributed by atoms with E-state index < -0.39 is 0 Å². The second kappa shape index (κ2) is 25.3. The Morgan fingerprint density at radius 3 is 1.87 bits per heavy atom. The Morgan fingerprint density at radius 2 is 1.22 bits per heavy atom. The molecule has 4 aliphatic carbocycles. The summed E-state index contributed by atoms with van der Waals surface area (Å²) in [5.41, 5.74) is 18.3. The minimum Gasteiger partial charge on any atom is -0.378 e. The van der Waals surface area contributed by atoms with Crippen LogP contribution in [-0.4, -0.2) is 70.9 Å². The Bertz CT molecular complexity index is 971. The highest BCUT2D eigenvalue weighted by Gasteiger charge is 2.66. The van der Waals surface area contributed by atoms with Crippen LogP contribution in [0.2, 0.25) is 0 Å². The molecule has 7 N–H and O–H groups in total. The molecule has 0 bridgehead atoms. The maximum absolute atomic E-state index is 7.06. The van der Waals surface area contributed by atoms with E-state index in [-0.39, 0.29) is 5.41 Å². The van der Waals surface area contributed by atoms with Gasteiger partial charge in [0, 0.05) is 25.2 Å². The molecule has 4 aliphatic rings. The van der Waals surface area contributed by atoms with E-state index in [1.807, 2.05) is 0 Å². The van der Waals surface area contributed by atoms with Gasteiger partial charge in [-0.3, -0.25) is 0 Å². The first-order valence-electron chi connectivity index (χ1n) is 24.0. The van der Waals surface area contributed by atoms with Crippen molar-refractivity contribution in [2.24, 2.45) is 63.5 Å². The molecule has 0 aromatic rings. The first kappa shape index (κ1) is 46.4. The van der Waals surface area contributed by atoms with Gasteiger partial charge in [0.25, 0.3) is 0 Å². The second-order valence-corrected chi connectivity index (χ2v) is 19.2. The van der Waals surface area contributed by atoms with Crippen LogP contribution in [0.1, 0.15) is 182 Å². The van der Waals surface area contributed by atoms with E-state index >= 15 is 0 Å². The molecule has 11 atom stereocenters. The molecule has 3 unspecified atom stereocenters. The summed E-state index contributed by atoms with van der Waals surface area (Å²) in [6.07, 6.45) is 32.0. The maximum atomic E-state index is 7.06. The smallest absolute Gasteiger partial charge is 0.0637 e. The molecule has 318 valence electrons. The molecule has 4 fully saturated rings. The molecule has 0 aliphatic heterocycles. The summed E-state index contributed by atoms with van der Waals surface area (Å²) in [6.45, 7) is 17.0. The molecule has 0 saturated heterocycles. The van der Waals surface area contributed by atoms with Gasteiger partial charge in [0.2, 0.25) is 0 Å². The quantitative estimate of drug-likeness (QED) is 0.0539. The average Bonchev–Trinajstić information content (AvgIpc) is 3.53. The van der Waals surface area contributed by atoms with Crippen LogP contribution >= 0.6 is 0 Å². The second-order valence-electron chi connectivity index (χ2n) is 19.2. The number of hydrogen-bond donors (Lipinski definition) is 4. The fourth-order valence-corrected chi connectivity index (χ4v) is 12.6. The van der Waals surface area contributed by atoms with Gasteiger partial charge in [0.1, 0.15) is 0 Å². The summed E-state index contributed by atoms with van der Waals surface area (Å²) in [5.74, 6) is 3.91. The molecule has 54 heavy (non-hydrogen) atoms. The van der Waals surface area contributed by atoms with Gasteiger partial charge in [-0.1, -0.05) is 98.3 Å². The normalized spacial score (nSPS) is 34.1. The van der Waals surface area contributed by atoms with Crippen LogP contribution in [0.4, 0.5) is 0 Å². The number of nitrogens with two attached hydrogens (primary N) is 3. The van der Waals surface area contributed by atoms with Crippen molar-refractivity contribution in [2.45, 2.75) is 200 Å². The molecule has 4 saturated carbocycles. The third-order valence-corrected chi connectivity index (χ3v) is 15.7. The zero-order valence-corrected chi connectivity index (χ0v) is 36.3. The van der Waals surface area contributed by atoms with E-state index in [2.05, 4.69) is 33.0 Å². The fourth-order valence-electron chi connectivity index (χ4n) is 12.6. The molecule has 0 amide bonds. The van der Waals surface area contributed by atoms with Crippen molar-refractivity contribution in [3.05, 3.63) is 0 Å². The topological polar surface area (TPSA) is 118 Å². The zero-order chi connectivity index (χ0) is 38.7. The van der Waals surface area contributed by atoms with E-state index in [0.717, 1.165) is 52.0 Å². The van der Waals surface area contributed by atoms with Crippen LogP contribution in [0.15, 0.2) is 0 Å². The Labute approximate surface area is 334 Å². The Kier molecular flexibility index (Phi) is 21.7. The molecular weight excluding hydrogens is 669 g/mol. The van der Waals surface area contributed by atoms with Gasteiger partial charge in [-0.2, -0.15) is 0 Å². The fraction of sp³-hybridized carbons (Fsp3) is 1.00. The highest BCUT2D eigenvalue weighted by Crippen LogP contribution is 2.69. The molecule has 0 aromatic carbocycles. The number of ether oxygens (including phenoxy) is 3. The number of hydrogen-bond acceptors (Lipinski definition) is 7. The molecule has 0 aromatic heterocycles. The van der Waals surface area contributed by atoms with Gasteiger partial charge in [-0.05, 0) is 157 Å². The van der Waals surface area contributed by atoms with Crippen LogP contribution in [0.3, 0.4) is 0 Å². The van der Waals surface area contributed by atoms with E-state index in [4.69, 9.17) is 31.4 Å². The van der Waals surface area contributed by atoms with Crippen LogP contribution in [0.5, 0.6) is 0 Å². The predicted octanol–water partition coefficient (Wildman–Crippen LogP) is 9.77. The zero-order valence-electron chi connectivity index (χ0n) is 36.3. The molecule has 0 radical (unpaired) electrons. The van der Waals surface area contributed by atoms with Crippen molar-refractivity contribution in [2.75, 3.05) is 52.5 Å². The summed E-state index contributed by atoms with van der Waals surface area (Å²) in [6, 6.07) is 0. The van der Waals surface area contributed by atoms with Crippen LogP contribution in [0.25, 0.3) is 0 Å². The lowest BCUT2D eigenvalue weighted by Gasteiger charge is -2.65. The molecule has 0 heterocycles.